The van der Waals surface area contributed by atoms with E-state index >= 15 is 0 Å². The predicted octanol–water partition coefficient (Wildman–Crippen LogP) is 6.29. The number of unbranched alkanes of at least 4 members (excludes halogenated alkanes) is 2. The first-order valence-corrected chi connectivity index (χ1v) is 17.9. The standard InChI is InChI=1S/C37H43N3O7S/c1-6-38-29-16-13-12-15-27(29)36(2,3)31(38)17-9-7-10-18-32-37(4,5)28-25-26(48(44,45)46)20-21-30(28)39(32)24-14-8-11-19-35(43)47-40-33(41)22-23-34(40)42/h7,9-10,12-13,15-18,20-21,25H,6,8,11,14,19,22-24H2,1-5H3/p+1. The minimum absolute atomic E-state index is 0.0523. The molecule has 0 aromatic heterocycles. The average molecular weight is 675 g/mol. The van der Waals surface area contributed by atoms with Crippen LogP contribution in [0.2, 0.25) is 0 Å². The van der Waals surface area contributed by atoms with Gasteiger partial charge in [0.05, 0.1) is 10.3 Å². The van der Waals surface area contributed by atoms with Crippen LogP contribution >= 0.6 is 0 Å². The summed E-state index contributed by atoms with van der Waals surface area (Å²) in [6.45, 7) is 12.1. The number of nitrogens with zero attached hydrogens (tertiary/aromatic N) is 3. The first-order chi connectivity index (χ1) is 22.7. The summed E-state index contributed by atoms with van der Waals surface area (Å²) in [4.78, 5) is 42.7. The molecule has 10 nitrogen and oxygen atoms in total. The summed E-state index contributed by atoms with van der Waals surface area (Å²) in [5.41, 5.74) is 5.67. The van der Waals surface area contributed by atoms with Gasteiger partial charge in [-0.1, -0.05) is 56.7 Å². The molecule has 2 amide bonds. The van der Waals surface area contributed by atoms with Gasteiger partial charge in [-0.3, -0.25) is 14.1 Å². The summed E-state index contributed by atoms with van der Waals surface area (Å²) in [5, 5.41) is 0.568. The summed E-state index contributed by atoms with van der Waals surface area (Å²) < 4.78 is 36.1. The van der Waals surface area contributed by atoms with Crippen LogP contribution in [0.15, 0.2) is 83.4 Å². The van der Waals surface area contributed by atoms with E-state index in [2.05, 4.69) is 60.6 Å². The minimum Gasteiger partial charge on any atom is -0.344 e. The van der Waals surface area contributed by atoms with Crippen molar-refractivity contribution >= 4 is 45.0 Å². The SMILES string of the molecule is CC[N+]1=C(/C=C/C=C/C=C2/N(CCCCCC(=O)ON3C(=O)CCC3=O)c3ccc(S(=O)(=O)O)cc3C2(C)C)C(C)(C)c2ccccc21. The van der Waals surface area contributed by atoms with E-state index in [9.17, 15) is 27.4 Å². The Labute approximate surface area is 282 Å². The van der Waals surface area contributed by atoms with Gasteiger partial charge in [-0.2, -0.15) is 13.0 Å². The van der Waals surface area contributed by atoms with Gasteiger partial charge in [0.25, 0.3) is 21.9 Å². The highest BCUT2D eigenvalue weighted by atomic mass is 32.2. The molecule has 0 unspecified atom stereocenters. The van der Waals surface area contributed by atoms with Crippen LogP contribution in [0.5, 0.6) is 0 Å². The maximum absolute atomic E-state index is 12.2. The van der Waals surface area contributed by atoms with Gasteiger partial charge in [0.15, 0.2) is 5.71 Å². The number of anilines is 1. The third kappa shape index (κ3) is 6.79. The largest absolute Gasteiger partial charge is 0.344 e. The molecule has 1 N–H and O–H groups in total. The zero-order chi connectivity index (χ0) is 34.9. The summed E-state index contributed by atoms with van der Waals surface area (Å²) in [6, 6.07) is 13.2. The molecule has 1 fully saturated rings. The van der Waals surface area contributed by atoms with Crippen molar-refractivity contribution in [3.8, 4) is 0 Å². The van der Waals surface area contributed by atoms with Gasteiger partial charge in [0.2, 0.25) is 5.69 Å². The number of hydrogen-bond donors (Lipinski definition) is 1. The van der Waals surface area contributed by atoms with Crippen LogP contribution in [0.3, 0.4) is 0 Å². The Morgan fingerprint density at radius 2 is 1.65 bits per heavy atom. The van der Waals surface area contributed by atoms with Crippen molar-refractivity contribution in [1.82, 2.24) is 5.06 Å². The van der Waals surface area contributed by atoms with Crippen molar-refractivity contribution in [2.75, 3.05) is 18.0 Å². The fourth-order valence-electron chi connectivity index (χ4n) is 6.92. The normalized spacial score (nSPS) is 19.3. The van der Waals surface area contributed by atoms with E-state index in [0.717, 1.165) is 23.5 Å². The number of hydrogen-bond acceptors (Lipinski definition) is 7. The van der Waals surface area contributed by atoms with Crippen LogP contribution in [-0.2, 0) is 40.2 Å². The van der Waals surface area contributed by atoms with Gasteiger partial charge in [-0.05, 0) is 63.5 Å². The summed E-state index contributed by atoms with van der Waals surface area (Å²) in [7, 11) is -4.38. The first-order valence-electron chi connectivity index (χ1n) is 16.4. The molecule has 0 saturated carbocycles. The van der Waals surface area contributed by atoms with E-state index in [-0.39, 0.29) is 29.6 Å². The monoisotopic (exact) mass is 674 g/mol. The number of imide groups is 1. The highest BCUT2D eigenvalue weighted by molar-refractivity contribution is 7.85. The third-order valence-electron chi connectivity index (χ3n) is 9.47. The number of para-hydroxylation sites is 1. The molecular weight excluding hydrogens is 630 g/mol. The van der Waals surface area contributed by atoms with E-state index in [1.165, 1.54) is 29.1 Å². The maximum Gasteiger partial charge on any atom is 0.333 e. The molecule has 48 heavy (non-hydrogen) atoms. The van der Waals surface area contributed by atoms with E-state index in [0.29, 0.717) is 30.9 Å². The number of fused-ring (bicyclic) bond motifs is 2. The number of allylic oxidation sites excluding steroid dienone is 6. The number of amides is 2. The van der Waals surface area contributed by atoms with E-state index < -0.39 is 33.3 Å². The quantitative estimate of drug-likeness (QED) is 0.0916. The second kappa shape index (κ2) is 13.6. The maximum atomic E-state index is 12.2. The van der Waals surface area contributed by atoms with Gasteiger partial charge in [-0.15, -0.1) is 5.06 Å². The second-order valence-corrected chi connectivity index (χ2v) is 14.8. The Balaban J connectivity index is 1.31. The fraction of sp³-hybridized carbons (Fsp3) is 0.405. The lowest BCUT2D eigenvalue weighted by Gasteiger charge is -2.27. The Hall–Kier alpha value is -4.35. The van der Waals surface area contributed by atoms with Crippen LogP contribution in [0.25, 0.3) is 0 Å². The van der Waals surface area contributed by atoms with E-state index in [1.807, 2.05) is 38.2 Å². The molecule has 0 aliphatic carbocycles. The van der Waals surface area contributed by atoms with E-state index in [4.69, 9.17) is 4.84 Å². The van der Waals surface area contributed by atoms with Crippen molar-refractivity contribution in [3.05, 3.63) is 89.7 Å². The number of carbonyl (C=O) groups is 3. The smallest absolute Gasteiger partial charge is 0.333 e. The first kappa shape index (κ1) is 35.0. The highest BCUT2D eigenvalue weighted by Gasteiger charge is 2.43. The molecule has 2 aromatic rings. The molecule has 0 atom stereocenters. The highest BCUT2D eigenvalue weighted by Crippen LogP contribution is 2.48. The van der Waals surface area contributed by atoms with Crippen molar-refractivity contribution in [3.63, 3.8) is 0 Å². The predicted molar refractivity (Wildman–Crippen MR) is 184 cm³/mol. The van der Waals surface area contributed by atoms with Gasteiger partial charge >= 0.3 is 5.97 Å². The molecule has 0 radical (unpaired) electrons. The molecule has 1 saturated heterocycles. The van der Waals surface area contributed by atoms with Crippen molar-refractivity contribution < 1.29 is 36.8 Å². The Kier molecular flexibility index (Phi) is 9.94. The van der Waals surface area contributed by atoms with Crippen LogP contribution in [-0.4, -0.2) is 59.2 Å². The van der Waals surface area contributed by atoms with Crippen molar-refractivity contribution in [1.29, 1.82) is 0 Å². The van der Waals surface area contributed by atoms with E-state index in [1.54, 1.807) is 6.07 Å². The van der Waals surface area contributed by atoms with Gasteiger partial charge in [0.1, 0.15) is 6.54 Å². The molecule has 3 aliphatic heterocycles. The van der Waals surface area contributed by atoms with Crippen LogP contribution < -0.4 is 4.90 Å². The number of benzene rings is 2. The molecular formula is C37H44N3O7S+. The molecule has 11 heteroatoms. The Bertz CT molecular complexity index is 1850. The average Bonchev–Trinajstić information content (AvgIpc) is 3.55. The van der Waals surface area contributed by atoms with Crippen LogP contribution in [0, 0.1) is 0 Å². The molecule has 2 aromatic carbocycles. The molecule has 0 bridgehead atoms. The summed E-state index contributed by atoms with van der Waals surface area (Å²) >= 11 is 0. The van der Waals surface area contributed by atoms with Crippen molar-refractivity contribution in [2.24, 2.45) is 0 Å². The van der Waals surface area contributed by atoms with Crippen LogP contribution in [0.4, 0.5) is 11.4 Å². The number of rotatable bonds is 12. The number of carbonyl (C=O) groups excluding carboxylic acids is 3. The molecule has 0 spiro atoms. The lowest BCUT2D eigenvalue weighted by molar-refractivity contribution is -0.433. The molecule has 5 rings (SSSR count). The topological polar surface area (TPSA) is 124 Å². The second-order valence-electron chi connectivity index (χ2n) is 13.4. The lowest BCUT2D eigenvalue weighted by Crippen LogP contribution is -2.32. The van der Waals surface area contributed by atoms with Crippen LogP contribution in [0.1, 0.15) is 84.3 Å². The van der Waals surface area contributed by atoms with Crippen molar-refractivity contribution in [2.45, 2.75) is 88.9 Å². The number of hydroxylamine groups is 2. The van der Waals surface area contributed by atoms with Gasteiger partial charge < -0.3 is 9.74 Å². The summed E-state index contributed by atoms with van der Waals surface area (Å²) in [5.74, 6) is -1.62. The lowest BCUT2D eigenvalue weighted by atomic mass is 9.81. The molecule has 254 valence electrons. The zero-order valence-electron chi connectivity index (χ0n) is 28.2. The Morgan fingerprint density at radius 3 is 2.33 bits per heavy atom. The molecule has 3 aliphatic rings. The van der Waals surface area contributed by atoms with Gasteiger partial charge in [-0.25, -0.2) is 4.79 Å². The Morgan fingerprint density at radius 1 is 0.938 bits per heavy atom. The molecule has 3 heterocycles. The minimum atomic E-state index is -4.38. The fourth-order valence-corrected chi connectivity index (χ4v) is 7.42. The van der Waals surface area contributed by atoms with Gasteiger partial charge in [0, 0.05) is 60.3 Å². The zero-order valence-corrected chi connectivity index (χ0v) is 29.0. The third-order valence-corrected chi connectivity index (χ3v) is 10.3. The summed E-state index contributed by atoms with van der Waals surface area (Å²) in [6.07, 6.45) is 12.3.